The quantitative estimate of drug-likeness (QED) is 0.455. The summed E-state index contributed by atoms with van der Waals surface area (Å²) >= 11 is 0. The van der Waals surface area contributed by atoms with Crippen LogP contribution in [0.5, 0.6) is 0 Å². The Hall–Kier alpha value is -3.26. The van der Waals surface area contributed by atoms with E-state index < -0.39 is 11.6 Å². The highest BCUT2D eigenvalue weighted by atomic mass is 19.1. The highest BCUT2D eigenvalue weighted by molar-refractivity contribution is 5.89. The van der Waals surface area contributed by atoms with Crippen molar-refractivity contribution in [1.29, 1.82) is 0 Å². The largest absolute Gasteiger partial charge is 0.373 e. The van der Waals surface area contributed by atoms with Crippen LogP contribution in [-0.4, -0.2) is 31.3 Å². The first-order valence-electron chi connectivity index (χ1n) is 10.6. The van der Waals surface area contributed by atoms with Crippen LogP contribution in [0, 0.1) is 25.5 Å². The third-order valence-corrected chi connectivity index (χ3v) is 6.07. The van der Waals surface area contributed by atoms with Gasteiger partial charge in [0.2, 0.25) is 0 Å². The van der Waals surface area contributed by atoms with Crippen molar-refractivity contribution in [1.82, 2.24) is 24.7 Å². The topological polar surface area (TPSA) is 65.7 Å². The summed E-state index contributed by atoms with van der Waals surface area (Å²) in [6.07, 6.45) is 5.21. The normalized spacial score (nSPS) is 18.9. The second-order valence-corrected chi connectivity index (χ2v) is 8.31. The maximum atomic E-state index is 14.7. The van der Waals surface area contributed by atoms with Gasteiger partial charge in [-0.2, -0.15) is 5.10 Å². The van der Waals surface area contributed by atoms with E-state index in [9.17, 15) is 8.78 Å². The van der Waals surface area contributed by atoms with E-state index in [4.69, 9.17) is 14.7 Å². The Morgan fingerprint density at radius 2 is 1.88 bits per heavy atom. The van der Waals surface area contributed by atoms with E-state index in [1.54, 1.807) is 4.68 Å². The number of benzene rings is 1. The molecule has 1 fully saturated rings. The summed E-state index contributed by atoms with van der Waals surface area (Å²) in [7, 11) is 1.88. The SMILES string of the molecule is Cc1nc2cc(C3CCO[C@@H](c4cnn(C)c4)C3)nc(-c3ccc(F)cc3F)c2nc1C. The third-order valence-electron chi connectivity index (χ3n) is 6.07. The number of ether oxygens (including phenoxy) is 1. The van der Waals surface area contributed by atoms with Gasteiger partial charge in [0.25, 0.3) is 0 Å². The fourth-order valence-electron chi connectivity index (χ4n) is 4.23. The van der Waals surface area contributed by atoms with E-state index in [1.165, 1.54) is 12.1 Å². The number of hydrogen-bond acceptors (Lipinski definition) is 5. The summed E-state index contributed by atoms with van der Waals surface area (Å²) in [6, 6.07) is 5.46. The van der Waals surface area contributed by atoms with E-state index >= 15 is 0 Å². The van der Waals surface area contributed by atoms with Crippen LogP contribution in [0.25, 0.3) is 22.3 Å². The minimum absolute atomic E-state index is 0.0863. The van der Waals surface area contributed by atoms with Gasteiger partial charge in [-0.3, -0.25) is 4.68 Å². The lowest BCUT2D eigenvalue weighted by molar-refractivity contribution is 0.00464. The Morgan fingerprint density at radius 1 is 1.06 bits per heavy atom. The van der Waals surface area contributed by atoms with E-state index in [1.807, 2.05) is 39.4 Å². The standard InChI is InChI=1S/C24H23F2N5O/c1-13-14(2)29-24-21(28-13)10-20(30-23(24)18-5-4-17(25)9-19(18)26)15-6-7-32-22(8-15)16-11-27-31(3)12-16/h4-5,9-12,15,22H,6-8H2,1-3H3/t15?,22-/m1/s1. The summed E-state index contributed by atoms with van der Waals surface area (Å²) in [6.45, 7) is 4.34. The molecule has 0 amide bonds. The summed E-state index contributed by atoms with van der Waals surface area (Å²) in [5, 5.41) is 4.25. The van der Waals surface area contributed by atoms with Crippen molar-refractivity contribution in [2.45, 2.75) is 38.7 Å². The van der Waals surface area contributed by atoms with Crippen molar-refractivity contribution in [3.8, 4) is 11.3 Å². The van der Waals surface area contributed by atoms with Gasteiger partial charge in [0.15, 0.2) is 0 Å². The molecule has 4 aromatic rings. The third kappa shape index (κ3) is 3.75. The summed E-state index contributed by atoms with van der Waals surface area (Å²) in [5.41, 5.74) is 5.15. The molecule has 0 spiro atoms. The molecule has 0 aliphatic carbocycles. The van der Waals surface area contributed by atoms with Gasteiger partial charge in [-0.1, -0.05) is 0 Å². The Kier molecular flexibility index (Phi) is 5.17. The number of pyridine rings is 1. The first kappa shape index (κ1) is 20.6. The van der Waals surface area contributed by atoms with Gasteiger partial charge in [0, 0.05) is 48.7 Å². The van der Waals surface area contributed by atoms with Gasteiger partial charge in [0.1, 0.15) is 22.8 Å². The van der Waals surface area contributed by atoms with Crippen LogP contribution in [0.2, 0.25) is 0 Å². The van der Waals surface area contributed by atoms with Crippen LogP contribution in [0.3, 0.4) is 0 Å². The number of aromatic nitrogens is 5. The maximum Gasteiger partial charge on any atom is 0.135 e. The number of fused-ring (bicyclic) bond motifs is 1. The fourth-order valence-corrected chi connectivity index (χ4v) is 4.23. The summed E-state index contributed by atoms with van der Waals surface area (Å²) in [5.74, 6) is -1.20. The Bertz CT molecular complexity index is 1320. The van der Waals surface area contributed by atoms with Gasteiger partial charge in [0.05, 0.1) is 29.2 Å². The smallest absolute Gasteiger partial charge is 0.135 e. The van der Waals surface area contributed by atoms with Gasteiger partial charge in [-0.15, -0.1) is 0 Å². The molecule has 1 aromatic carbocycles. The second kappa shape index (κ2) is 8.02. The lowest BCUT2D eigenvalue weighted by Gasteiger charge is -2.29. The molecule has 1 saturated heterocycles. The number of nitrogens with zero attached hydrogens (tertiary/aromatic N) is 5. The van der Waals surface area contributed by atoms with E-state index in [2.05, 4.69) is 10.1 Å². The zero-order chi connectivity index (χ0) is 22.4. The molecule has 1 unspecified atom stereocenters. The van der Waals surface area contributed by atoms with Gasteiger partial charge >= 0.3 is 0 Å². The molecule has 1 aliphatic rings. The van der Waals surface area contributed by atoms with Crippen LogP contribution in [-0.2, 0) is 11.8 Å². The molecule has 0 saturated carbocycles. The molecular weight excluding hydrogens is 412 g/mol. The van der Waals surface area contributed by atoms with Crippen LogP contribution >= 0.6 is 0 Å². The summed E-state index contributed by atoms with van der Waals surface area (Å²) < 4.78 is 36.1. The average molecular weight is 435 g/mol. The molecule has 1 aliphatic heterocycles. The molecular formula is C24H23F2N5O. The molecule has 0 radical (unpaired) electrons. The zero-order valence-electron chi connectivity index (χ0n) is 18.1. The molecule has 0 N–H and O–H groups in total. The average Bonchev–Trinajstić information content (AvgIpc) is 3.21. The highest BCUT2D eigenvalue weighted by Gasteiger charge is 2.28. The van der Waals surface area contributed by atoms with E-state index in [0.717, 1.165) is 41.6 Å². The fraction of sp³-hybridized carbons (Fsp3) is 0.333. The maximum absolute atomic E-state index is 14.7. The Labute approximate surface area is 184 Å². The highest BCUT2D eigenvalue weighted by Crippen LogP contribution is 2.39. The van der Waals surface area contributed by atoms with Crippen molar-refractivity contribution in [2.75, 3.05) is 6.61 Å². The predicted molar refractivity (Wildman–Crippen MR) is 116 cm³/mol. The van der Waals surface area contributed by atoms with Crippen molar-refractivity contribution < 1.29 is 13.5 Å². The molecule has 8 heteroatoms. The number of halogens is 2. The molecule has 2 atom stereocenters. The molecule has 32 heavy (non-hydrogen) atoms. The molecule has 3 aromatic heterocycles. The van der Waals surface area contributed by atoms with Crippen LogP contribution in [0.1, 0.15) is 47.5 Å². The molecule has 4 heterocycles. The van der Waals surface area contributed by atoms with Gasteiger partial charge in [-0.05, 0) is 44.9 Å². The van der Waals surface area contributed by atoms with Crippen LogP contribution in [0.4, 0.5) is 8.78 Å². The van der Waals surface area contributed by atoms with E-state index in [-0.39, 0.29) is 17.6 Å². The molecule has 6 nitrogen and oxygen atoms in total. The molecule has 164 valence electrons. The second-order valence-electron chi connectivity index (χ2n) is 8.31. The minimum Gasteiger partial charge on any atom is -0.373 e. The Morgan fingerprint density at radius 3 is 2.62 bits per heavy atom. The van der Waals surface area contributed by atoms with Crippen molar-refractivity contribution >= 4 is 11.0 Å². The van der Waals surface area contributed by atoms with Crippen molar-refractivity contribution in [2.24, 2.45) is 7.05 Å². The lowest BCUT2D eigenvalue weighted by Crippen LogP contribution is -2.19. The number of rotatable bonds is 3. The number of hydrogen-bond donors (Lipinski definition) is 0. The number of aryl methyl sites for hydroxylation is 3. The van der Waals surface area contributed by atoms with Crippen LogP contribution in [0.15, 0.2) is 36.7 Å². The predicted octanol–water partition coefficient (Wildman–Crippen LogP) is 4.96. The van der Waals surface area contributed by atoms with Crippen molar-refractivity contribution in [3.05, 3.63) is 70.9 Å². The van der Waals surface area contributed by atoms with Crippen molar-refractivity contribution in [3.63, 3.8) is 0 Å². The van der Waals surface area contributed by atoms with Crippen LogP contribution < -0.4 is 0 Å². The van der Waals surface area contributed by atoms with Gasteiger partial charge < -0.3 is 4.74 Å². The first-order valence-corrected chi connectivity index (χ1v) is 10.6. The zero-order valence-corrected chi connectivity index (χ0v) is 18.1. The Balaban J connectivity index is 1.62. The lowest BCUT2D eigenvalue weighted by atomic mass is 9.89. The summed E-state index contributed by atoms with van der Waals surface area (Å²) in [4.78, 5) is 14.2. The van der Waals surface area contributed by atoms with E-state index in [0.29, 0.717) is 23.3 Å². The van der Waals surface area contributed by atoms with Gasteiger partial charge in [-0.25, -0.2) is 23.7 Å². The molecule has 0 bridgehead atoms. The first-order chi connectivity index (χ1) is 15.4. The minimum atomic E-state index is -0.670. The monoisotopic (exact) mass is 435 g/mol. The molecule has 5 rings (SSSR count).